The van der Waals surface area contributed by atoms with E-state index in [4.69, 9.17) is 4.74 Å². The molecule has 4 unspecified atom stereocenters. The molecule has 0 aromatic carbocycles. The van der Waals surface area contributed by atoms with Crippen molar-refractivity contribution in [3.8, 4) is 0 Å². The first-order chi connectivity index (χ1) is 10.1. The van der Waals surface area contributed by atoms with Gasteiger partial charge in [-0.05, 0) is 64.8 Å². The molecule has 2 saturated heterocycles. The van der Waals surface area contributed by atoms with E-state index in [0.29, 0.717) is 6.04 Å². The Morgan fingerprint density at radius 2 is 1.81 bits per heavy atom. The highest BCUT2D eigenvalue weighted by molar-refractivity contribution is 4.93. The molecule has 21 heavy (non-hydrogen) atoms. The van der Waals surface area contributed by atoms with Crippen molar-refractivity contribution >= 4 is 0 Å². The van der Waals surface area contributed by atoms with Gasteiger partial charge in [0.15, 0.2) is 0 Å². The molecule has 1 saturated carbocycles. The molecular weight excluding hydrogens is 260 g/mol. The van der Waals surface area contributed by atoms with Crippen LogP contribution in [0.1, 0.15) is 71.6 Å². The van der Waals surface area contributed by atoms with E-state index in [-0.39, 0.29) is 5.60 Å². The Labute approximate surface area is 130 Å². The zero-order valence-electron chi connectivity index (χ0n) is 14.0. The van der Waals surface area contributed by atoms with Crippen molar-refractivity contribution in [2.75, 3.05) is 13.2 Å². The molecule has 4 atom stereocenters. The van der Waals surface area contributed by atoms with Crippen molar-refractivity contribution in [3.05, 3.63) is 0 Å². The Morgan fingerprint density at radius 1 is 1.00 bits per heavy atom. The van der Waals surface area contributed by atoms with Crippen molar-refractivity contribution in [1.29, 1.82) is 0 Å². The van der Waals surface area contributed by atoms with E-state index < -0.39 is 0 Å². The SMILES string of the molecule is CC1(C)CC(NC2CCCCC2C2CCCCN2)CCO1. The average molecular weight is 294 g/mol. The highest BCUT2D eigenvalue weighted by Crippen LogP contribution is 2.32. The van der Waals surface area contributed by atoms with Crippen LogP contribution in [0.15, 0.2) is 0 Å². The van der Waals surface area contributed by atoms with Gasteiger partial charge in [-0.2, -0.15) is 0 Å². The molecule has 122 valence electrons. The van der Waals surface area contributed by atoms with Crippen LogP contribution < -0.4 is 10.6 Å². The fourth-order valence-corrected chi connectivity index (χ4v) is 4.77. The second kappa shape index (κ2) is 6.97. The molecule has 3 aliphatic rings. The summed E-state index contributed by atoms with van der Waals surface area (Å²) >= 11 is 0. The smallest absolute Gasteiger partial charge is 0.0641 e. The van der Waals surface area contributed by atoms with E-state index in [0.717, 1.165) is 31.0 Å². The van der Waals surface area contributed by atoms with E-state index in [1.807, 2.05) is 0 Å². The van der Waals surface area contributed by atoms with Crippen LogP contribution in [0.2, 0.25) is 0 Å². The van der Waals surface area contributed by atoms with Gasteiger partial charge in [-0.3, -0.25) is 0 Å². The molecule has 1 aliphatic carbocycles. The second-order valence-electron chi connectivity index (χ2n) is 8.08. The van der Waals surface area contributed by atoms with Gasteiger partial charge in [0.25, 0.3) is 0 Å². The van der Waals surface area contributed by atoms with Gasteiger partial charge >= 0.3 is 0 Å². The van der Waals surface area contributed by atoms with Gasteiger partial charge in [-0.1, -0.05) is 19.3 Å². The minimum absolute atomic E-state index is 0.0587. The van der Waals surface area contributed by atoms with Crippen molar-refractivity contribution in [2.24, 2.45) is 5.92 Å². The third kappa shape index (κ3) is 4.20. The number of piperidine rings is 1. The molecule has 0 aromatic rings. The predicted molar refractivity (Wildman–Crippen MR) is 87.6 cm³/mol. The Kier molecular flexibility index (Phi) is 5.23. The van der Waals surface area contributed by atoms with Gasteiger partial charge in [-0.15, -0.1) is 0 Å². The minimum atomic E-state index is 0.0587. The molecule has 2 N–H and O–H groups in total. The molecule has 0 radical (unpaired) electrons. The molecule has 3 heteroatoms. The van der Waals surface area contributed by atoms with Crippen LogP contribution in [0.3, 0.4) is 0 Å². The van der Waals surface area contributed by atoms with Crippen LogP contribution in [0.25, 0.3) is 0 Å². The maximum atomic E-state index is 5.88. The molecule has 0 bridgehead atoms. The topological polar surface area (TPSA) is 33.3 Å². The Morgan fingerprint density at radius 3 is 2.57 bits per heavy atom. The average Bonchev–Trinajstić information content (AvgIpc) is 2.48. The minimum Gasteiger partial charge on any atom is -0.375 e. The third-order valence-corrected chi connectivity index (χ3v) is 5.83. The second-order valence-corrected chi connectivity index (χ2v) is 8.08. The summed E-state index contributed by atoms with van der Waals surface area (Å²) in [5, 5.41) is 7.85. The Hall–Kier alpha value is -0.120. The van der Waals surface area contributed by atoms with Crippen LogP contribution in [0.4, 0.5) is 0 Å². The highest BCUT2D eigenvalue weighted by Gasteiger charge is 2.36. The number of ether oxygens (including phenoxy) is 1. The van der Waals surface area contributed by atoms with Gasteiger partial charge in [0.2, 0.25) is 0 Å². The monoisotopic (exact) mass is 294 g/mol. The van der Waals surface area contributed by atoms with Crippen LogP contribution in [0.5, 0.6) is 0 Å². The summed E-state index contributed by atoms with van der Waals surface area (Å²) in [6, 6.07) is 2.15. The maximum Gasteiger partial charge on any atom is 0.0641 e. The Bertz CT molecular complexity index is 325. The predicted octanol–water partition coefficient (Wildman–Crippen LogP) is 3.23. The zero-order valence-corrected chi connectivity index (χ0v) is 14.0. The molecule has 3 rings (SSSR count). The van der Waals surface area contributed by atoms with E-state index in [9.17, 15) is 0 Å². The first-order valence-corrected chi connectivity index (χ1v) is 9.27. The highest BCUT2D eigenvalue weighted by atomic mass is 16.5. The van der Waals surface area contributed by atoms with E-state index in [2.05, 4.69) is 24.5 Å². The van der Waals surface area contributed by atoms with Crippen molar-refractivity contribution in [3.63, 3.8) is 0 Å². The normalized spacial score (nSPS) is 40.9. The number of hydrogen-bond donors (Lipinski definition) is 2. The quantitative estimate of drug-likeness (QED) is 0.838. The summed E-state index contributed by atoms with van der Waals surface area (Å²) < 4.78 is 5.88. The lowest BCUT2D eigenvalue weighted by atomic mass is 9.76. The Balaban J connectivity index is 1.58. The van der Waals surface area contributed by atoms with Gasteiger partial charge < -0.3 is 15.4 Å². The van der Waals surface area contributed by atoms with Crippen LogP contribution in [-0.4, -0.2) is 36.9 Å². The fourth-order valence-electron chi connectivity index (χ4n) is 4.77. The van der Waals surface area contributed by atoms with Gasteiger partial charge in [-0.25, -0.2) is 0 Å². The molecule has 0 spiro atoms. The molecular formula is C18H34N2O. The number of rotatable bonds is 3. The number of nitrogens with one attached hydrogen (secondary N) is 2. The molecule has 3 nitrogen and oxygen atoms in total. The standard InChI is InChI=1S/C18H34N2O/c1-18(2)13-14(10-12-21-18)20-17-9-4-3-7-15(17)16-8-5-6-11-19-16/h14-17,19-20H,3-13H2,1-2H3. The molecule has 0 amide bonds. The lowest BCUT2D eigenvalue weighted by Gasteiger charge is -2.44. The first kappa shape index (κ1) is 15.8. The van der Waals surface area contributed by atoms with Gasteiger partial charge in [0, 0.05) is 24.7 Å². The van der Waals surface area contributed by atoms with Crippen LogP contribution in [0, 0.1) is 5.92 Å². The summed E-state index contributed by atoms with van der Waals surface area (Å²) in [4.78, 5) is 0. The molecule has 2 heterocycles. The molecule has 3 fully saturated rings. The summed E-state index contributed by atoms with van der Waals surface area (Å²) in [5.74, 6) is 0.852. The van der Waals surface area contributed by atoms with Crippen molar-refractivity contribution < 1.29 is 4.74 Å². The number of hydrogen-bond acceptors (Lipinski definition) is 3. The fraction of sp³-hybridized carbons (Fsp3) is 1.00. The first-order valence-electron chi connectivity index (χ1n) is 9.27. The van der Waals surface area contributed by atoms with E-state index in [1.165, 1.54) is 57.9 Å². The lowest BCUT2D eigenvalue weighted by molar-refractivity contribution is -0.0659. The van der Waals surface area contributed by atoms with Crippen molar-refractivity contribution in [2.45, 2.75) is 95.4 Å². The molecule has 2 aliphatic heterocycles. The largest absolute Gasteiger partial charge is 0.375 e. The van der Waals surface area contributed by atoms with Gasteiger partial charge in [0.05, 0.1) is 5.60 Å². The van der Waals surface area contributed by atoms with Crippen LogP contribution >= 0.6 is 0 Å². The summed E-state index contributed by atoms with van der Waals surface area (Å²) in [6.07, 6.45) is 12.2. The third-order valence-electron chi connectivity index (χ3n) is 5.83. The van der Waals surface area contributed by atoms with Crippen LogP contribution in [-0.2, 0) is 4.74 Å². The van der Waals surface area contributed by atoms with Gasteiger partial charge in [0.1, 0.15) is 0 Å². The summed E-state index contributed by atoms with van der Waals surface area (Å²) in [6.45, 7) is 6.63. The maximum absolute atomic E-state index is 5.88. The van der Waals surface area contributed by atoms with Crippen molar-refractivity contribution in [1.82, 2.24) is 10.6 Å². The van der Waals surface area contributed by atoms with E-state index in [1.54, 1.807) is 0 Å². The summed E-state index contributed by atoms with van der Waals surface area (Å²) in [7, 11) is 0. The lowest BCUT2D eigenvalue weighted by Crippen LogP contribution is -2.55. The summed E-state index contributed by atoms with van der Waals surface area (Å²) in [5.41, 5.74) is 0.0587. The zero-order chi connectivity index (χ0) is 14.7. The molecule has 0 aromatic heterocycles. The van der Waals surface area contributed by atoms with E-state index >= 15 is 0 Å².